The largest absolute Gasteiger partial charge is 0.380 e. The van der Waals surface area contributed by atoms with Crippen LogP contribution in [-0.2, 0) is 0 Å². The lowest BCUT2D eigenvalue weighted by atomic mass is 10.6. The monoisotopic (exact) mass is 128 g/mol. The summed E-state index contributed by atoms with van der Waals surface area (Å²) in [7, 11) is -0.504. The average Bonchev–Trinajstić information content (AvgIpc) is 2.12. The zero-order valence-corrected chi connectivity index (χ0v) is 5.23. The molecule has 0 radical (unpaired) electrons. The molecule has 0 aliphatic carbocycles. The second kappa shape index (κ2) is 2.05. The second-order valence-corrected chi connectivity index (χ2v) is 3.37. The molecule has 0 aromatic heterocycles. The molecule has 1 aliphatic rings. The van der Waals surface area contributed by atoms with Gasteiger partial charge in [-0.05, 0) is 10.8 Å². The van der Waals surface area contributed by atoms with Crippen molar-refractivity contribution >= 4 is 16.1 Å². The fraction of sp³-hybridized carbons (Fsp3) is 0. The van der Waals surface area contributed by atoms with E-state index in [1.807, 2.05) is 23.0 Å². The molecule has 0 fully saturated rings. The number of hydrogen-bond donors (Lipinski definition) is 3. The van der Waals surface area contributed by atoms with E-state index in [9.17, 15) is 0 Å². The summed E-state index contributed by atoms with van der Waals surface area (Å²) < 4.78 is 0. The predicted molar refractivity (Wildman–Crippen MR) is 39.2 cm³/mol. The van der Waals surface area contributed by atoms with Gasteiger partial charge in [-0.15, -0.1) is 0 Å². The summed E-state index contributed by atoms with van der Waals surface area (Å²) in [6, 6.07) is 0. The first-order valence-electron chi connectivity index (χ1n) is 2.28. The Morgan fingerprint density at radius 2 is 1.88 bits per heavy atom. The van der Waals surface area contributed by atoms with Gasteiger partial charge in [0.2, 0.25) is 0 Å². The molecular formula is C5H8N2S. The minimum absolute atomic E-state index is 0.282. The Morgan fingerprint density at radius 3 is 2.12 bits per heavy atom. The lowest BCUT2D eigenvalue weighted by molar-refractivity contribution is 1.51. The molecule has 0 amide bonds. The Bertz CT molecular complexity index is 148. The highest BCUT2D eigenvalue weighted by Gasteiger charge is 1.98. The van der Waals surface area contributed by atoms with Gasteiger partial charge in [0.05, 0.1) is 0 Å². The highest BCUT2D eigenvalue weighted by Crippen LogP contribution is 2.31. The quantitative estimate of drug-likeness (QED) is 0.253. The van der Waals surface area contributed by atoms with Crippen LogP contribution in [0.4, 0.5) is 0 Å². The van der Waals surface area contributed by atoms with Crippen LogP contribution in [-0.4, -0.2) is 5.17 Å². The van der Waals surface area contributed by atoms with Crippen molar-refractivity contribution in [3.05, 3.63) is 23.0 Å². The van der Waals surface area contributed by atoms with E-state index >= 15 is 0 Å². The van der Waals surface area contributed by atoms with Gasteiger partial charge in [-0.25, -0.2) is 0 Å². The normalized spacial score (nSPS) is 19.8. The smallest absolute Gasteiger partial charge is 0.137 e. The number of rotatable bonds is 0. The van der Waals surface area contributed by atoms with E-state index < -0.39 is 10.9 Å². The third-order valence-electron chi connectivity index (χ3n) is 0.883. The Labute approximate surface area is 50.9 Å². The van der Waals surface area contributed by atoms with Gasteiger partial charge in [-0.3, -0.25) is 5.41 Å². The first-order valence-corrected chi connectivity index (χ1v) is 3.76. The van der Waals surface area contributed by atoms with Gasteiger partial charge < -0.3 is 5.73 Å². The van der Waals surface area contributed by atoms with Gasteiger partial charge in [0.15, 0.2) is 0 Å². The van der Waals surface area contributed by atoms with E-state index in [0.717, 1.165) is 0 Å². The van der Waals surface area contributed by atoms with Gasteiger partial charge in [-0.2, -0.15) is 10.9 Å². The molecule has 0 bridgehead atoms. The van der Waals surface area contributed by atoms with E-state index in [4.69, 9.17) is 11.1 Å². The molecule has 1 aliphatic heterocycles. The van der Waals surface area contributed by atoms with Crippen LogP contribution in [0.1, 0.15) is 0 Å². The van der Waals surface area contributed by atoms with Crippen LogP contribution in [0.25, 0.3) is 0 Å². The number of allylic oxidation sites excluding steroid dienone is 2. The summed E-state index contributed by atoms with van der Waals surface area (Å²) in [5.41, 5.74) is 5.21. The van der Waals surface area contributed by atoms with Gasteiger partial charge in [0.1, 0.15) is 5.17 Å². The minimum atomic E-state index is -0.504. The molecule has 0 spiro atoms. The van der Waals surface area contributed by atoms with Crippen molar-refractivity contribution in [2.45, 2.75) is 0 Å². The molecule has 0 saturated heterocycles. The fourth-order valence-electron chi connectivity index (χ4n) is 0.495. The van der Waals surface area contributed by atoms with Crippen LogP contribution in [0.5, 0.6) is 0 Å². The molecule has 3 N–H and O–H groups in total. The number of amidine groups is 1. The molecule has 0 atom stereocenters. The van der Waals surface area contributed by atoms with E-state index in [1.165, 1.54) is 0 Å². The molecule has 44 valence electrons. The topological polar surface area (TPSA) is 49.9 Å². The SMILES string of the molecule is N=C(N)[SH]1C=CC=C1. The molecule has 0 aromatic carbocycles. The Hall–Kier alpha value is -0.700. The second-order valence-electron chi connectivity index (χ2n) is 1.48. The highest BCUT2D eigenvalue weighted by molar-refractivity contribution is 8.34. The third-order valence-corrected chi connectivity index (χ3v) is 2.43. The van der Waals surface area contributed by atoms with Crippen LogP contribution < -0.4 is 5.73 Å². The van der Waals surface area contributed by atoms with E-state index in [2.05, 4.69) is 0 Å². The van der Waals surface area contributed by atoms with Crippen LogP contribution in [0.3, 0.4) is 0 Å². The Balaban J connectivity index is 2.62. The Kier molecular flexibility index (Phi) is 1.39. The average molecular weight is 128 g/mol. The zero-order valence-electron chi connectivity index (χ0n) is 4.33. The minimum Gasteiger partial charge on any atom is -0.380 e. The Morgan fingerprint density at radius 1 is 1.38 bits per heavy atom. The summed E-state index contributed by atoms with van der Waals surface area (Å²) >= 11 is 0. The van der Waals surface area contributed by atoms with Crippen molar-refractivity contribution in [3.8, 4) is 0 Å². The first-order chi connectivity index (χ1) is 3.80. The summed E-state index contributed by atoms with van der Waals surface area (Å²) in [5.74, 6) is 0. The number of thiol groups is 1. The lowest BCUT2D eigenvalue weighted by Crippen LogP contribution is -2.05. The zero-order chi connectivity index (χ0) is 5.98. The van der Waals surface area contributed by atoms with Crippen molar-refractivity contribution in [1.29, 1.82) is 5.41 Å². The van der Waals surface area contributed by atoms with Gasteiger partial charge >= 0.3 is 0 Å². The van der Waals surface area contributed by atoms with Crippen molar-refractivity contribution in [1.82, 2.24) is 0 Å². The maximum Gasteiger partial charge on any atom is 0.137 e. The van der Waals surface area contributed by atoms with Gasteiger partial charge in [0, 0.05) is 0 Å². The third kappa shape index (κ3) is 0.924. The van der Waals surface area contributed by atoms with Crippen molar-refractivity contribution < 1.29 is 0 Å². The van der Waals surface area contributed by atoms with Gasteiger partial charge in [0.25, 0.3) is 0 Å². The van der Waals surface area contributed by atoms with Crippen molar-refractivity contribution in [2.75, 3.05) is 0 Å². The molecule has 3 heteroatoms. The van der Waals surface area contributed by atoms with E-state index in [0.29, 0.717) is 0 Å². The molecular weight excluding hydrogens is 120 g/mol. The van der Waals surface area contributed by atoms with Crippen molar-refractivity contribution in [3.63, 3.8) is 0 Å². The van der Waals surface area contributed by atoms with Crippen LogP contribution in [0.15, 0.2) is 23.0 Å². The van der Waals surface area contributed by atoms with E-state index in [-0.39, 0.29) is 5.17 Å². The maximum absolute atomic E-state index is 7.00. The van der Waals surface area contributed by atoms with Gasteiger partial charge in [-0.1, -0.05) is 12.2 Å². The number of nitrogens with one attached hydrogen (secondary N) is 1. The molecule has 0 unspecified atom stereocenters. The summed E-state index contributed by atoms with van der Waals surface area (Å²) in [4.78, 5) is 0. The molecule has 2 nitrogen and oxygen atoms in total. The molecule has 1 heterocycles. The number of nitrogens with two attached hydrogens (primary N) is 1. The van der Waals surface area contributed by atoms with E-state index in [1.54, 1.807) is 0 Å². The molecule has 0 aromatic rings. The fourth-order valence-corrected chi connectivity index (χ4v) is 1.49. The standard InChI is InChI=1S/C5H8N2S/c6-5(7)8-3-1-2-4-8/h1-4,8H,(H3,6,7). The predicted octanol–water partition coefficient (Wildman–Crippen LogP) is 0.922. The molecule has 8 heavy (non-hydrogen) atoms. The molecule has 0 saturated carbocycles. The highest BCUT2D eigenvalue weighted by atomic mass is 32.2. The van der Waals surface area contributed by atoms with Crippen molar-refractivity contribution in [2.24, 2.45) is 5.73 Å². The van der Waals surface area contributed by atoms with Crippen LogP contribution >= 0.6 is 10.9 Å². The number of hydrogen-bond acceptors (Lipinski definition) is 1. The summed E-state index contributed by atoms with van der Waals surface area (Å²) in [5, 5.41) is 11.2. The lowest BCUT2D eigenvalue weighted by Gasteiger charge is -2.03. The first kappa shape index (κ1) is 5.44. The van der Waals surface area contributed by atoms with Crippen LogP contribution in [0, 0.1) is 5.41 Å². The van der Waals surface area contributed by atoms with Crippen LogP contribution in [0.2, 0.25) is 0 Å². The maximum atomic E-state index is 7.00. The molecule has 1 rings (SSSR count). The summed E-state index contributed by atoms with van der Waals surface area (Å²) in [6.07, 6.45) is 3.85. The summed E-state index contributed by atoms with van der Waals surface area (Å²) in [6.45, 7) is 0.